The van der Waals surface area contributed by atoms with Crippen molar-refractivity contribution in [3.63, 3.8) is 0 Å². The van der Waals surface area contributed by atoms with E-state index in [1.807, 2.05) is 23.6 Å². The number of thioether (sulfide) groups is 1. The maximum Gasteiger partial charge on any atom is 0.245 e. The Labute approximate surface area is 101 Å². The fourth-order valence-corrected chi connectivity index (χ4v) is 2.35. The normalized spacial score (nSPS) is 21.9. The van der Waals surface area contributed by atoms with Crippen LogP contribution in [0, 0.1) is 0 Å². The molecule has 2 amide bonds. The summed E-state index contributed by atoms with van der Waals surface area (Å²) in [7, 11) is 0. The van der Waals surface area contributed by atoms with Crippen LogP contribution in [0.25, 0.3) is 0 Å². The van der Waals surface area contributed by atoms with Crippen LogP contribution < -0.4 is 5.32 Å². The lowest BCUT2D eigenvalue weighted by atomic mass is 10.2. The van der Waals surface area contributed by atoms with Crippen molar-refractivity contribution in [2.75, 3.05) is 24.6 Å². The zero-order valence-electron chi connectivity index (χ0n) is 9.99. The second kappa shape index (κ2) is 6.78. The van der Waals surface area contributed by atoms with Gasteiger partial charge in [-0.2, -0.15) is 11.8 Å². The number of carbonyl (C=O) groups is 2. The molecule has 0 aromatic rings. The minimum atomic E-state index is -0.318. The van der Waals surface area contributed by atoms with E-state index in [0.29, 0.717) is 19.4 Å². The van der Waals surface area contributed by atoms with E-state index in [9.17, 15) is 9.59 Å². The Morgan fingerprint density at radius 1 is 1.44 bits per heavy atom. The van der Waals surface area contributed by atoms with Gasteiger partial charge in [0.25, 0.3) is 0 Å². The van der Waals surface area contributed by atoms with Crippen LogP contribution in [0.1, 0.15) is 26.7 Å². The summed E-state index contributed by atoms with van der Waals surface area (Å²) in [4.78, 5) is 25.2. The smallest absolute Gasteiger partial charge is 0.245 e. The highest BCUT2D eigenvalue weighted by Crippen LogP contribution is 2.08. The summed E-state index contributed by atoms with van der Waals surface area (Å²) in [5.74, 6) is 2.08. The van der Waals surface area contributed by atoms with Crippen LogP contribution in [-0.4, -0.2) is 47.4 Å². The highest BCUT2D eigenvalue weighted by atomic mass is 32.2. The standard InChI is InChI=1S/C11H20N2O2S/c1-3-9-11(15)13(7-8-16-4-2)6-5-10(14)12-9/h9H,3-8H2,1-2H3,(H,12,14). The van der Waals surface area contributed by atoms with Gasteiger partial charge in [-0.3, -0.25) is 9.59 Å². The molecular weight excluding hydrogens is 224 g/mol. The quantitative estimate of drug-likeness (QED) is 0.730. The molecule has 0 saturated carbocycles. The lowest BCUT2D eigenvalue weighted by Crippen LogP contribution is -2.44. The molecule has 92 valence electrons. The Morgan fingerprint density at radius 3 is 2.81 bits per heavy atom. The predicted octanol–water partition coefficient (Wildman–Crippen LogP) is 0.867. The van der Waals surface area contributed by atoms with Crippen molar-refractivity contribution in [1.82, 2.24) is 10.2 Å². The second-order valence-corrected chi connectivity index (χ2v) is 5.19. The van der Waals surface area contributed by atoms with Gasteiger partial charge in [0.05, 0.1) is 0 Å². The van der Waals surface area contributed by atoms with E-state index in [4.69, 9.17) is 0 Å². The molecular formula is C11H20N2O2S. The number of carbonyl (C=O) groups excluding carboxylic acids is 2. The predicted molar refractivity (Wildman–Crippen MR) is 66.4 cm³/mol. The molecule has 1 rings (SSSR count). The largest absolute Gasteiger partial charge is 0.344 e. The molecule has 1 heterocycles. The lowest BCUT2D eigenvalue weighted by molar-refractivity contribution is -0.133. The first-order valence-electron chi connectivity index (χ1n) is 5.85. The number of hydrogen-bond donors (Lipinski definition) is 1. The van der Waals surface area contributed by atoms with Gasteiger partial charge in [-0.15, -0.1) is 0 Å². The molecule has 1 atom stereocenters. The van der Waals surface area contributed by atoms with Crippen LogP contribution >= 0.6 is 11.8 Å². The molecule has 0 aromatic carbocycles. The minimum Gasteiger partial charge on any atom is -0.344 e. The van der Waals surface area contributed by atoms with E-state index in [0.717, 1.165) is 18.1 Å². The van der Waals surface area contributed by atoms with Crippen molar-refractivity contribution >= 4 is 23.6 Å². The maximum atomic E-state index is 12.0. The lowest BCUT2D eigenvalue weighted by Gasteiger charge is -2.23. The van der Waals surface area contributed by atoms with Crippen LogP contribution in [0.3, 0.4) is 0 Å². The van der Waals surface area contributed by atoms with Crippen molar-refractivity contribution in [2.24, 2.45) is 0 Å². The topological polar surface area (TPSA) is 49.4 Å². The SMILES string of the molecule is CCSCCN1CCC(=O)NC(CC)C1=O. The summed E-state index contributed by atoms with van der Waals surface area (Å²) < 4.78 is 0. The number of nitrogens with one attached hydrogen (secondary N) is 1. The van der Waals surface area contributed by atoms with Gasteiger partial charge in [0.15, 0.2) is 0 Å². The van der Waals surface area contributed by atoms with Crippen molar-refractivity contribution in [2.45, 2.75) is 32.7 Å². The highest BCUT2D eigenvalue weighted by Gasteiger charge is 2.27. The van der Waals surface area contributed by atoms with Gasteiger partial charge in [-0.05, 0) is 12.2 Å². The molecule has 0 bridgehead atoms. The maximum absolute atomic E-state index is 12.0. The molecule has 0 aromatic heterocycles. The first kappa shape index (κ1) is 13.4. The molecule has 1 aliphatic rings. The molecule has 5 heteroatoms. The van der Waals surface area contributed by atoms with E-state index in [1.165, 1.54) is 0 Å². The van der Waals surface area contributed by atoms with Crippen LogP contribution in [-0.2, 0) is 9.59 Å². The average molecular weight is 244 g/mol. The first-order valence-corrected chi connectivity index (χ1v) is 7.00. The third-order valence-corrected chi connectivity index (χ3v) is 3.55. The number of rotatable bonds is 5. The van der Waals surface area contributed by atoms with Crippen molar-refractivity contribution in [3.05, 3.63) is 0 Å². The van der Waals surface area contributed by atoms with Crippen LogP contribution in [0.4, 0.5) is 0 Å². The van der Waals surface area contributed by atoms with Crippen molar-refractivity contribution in [1.29, 1.82) is 0 Å². The van der Waals surface area contributed by atoms with Crippen molar-refractivity contribution < 1.29 is 9.59 Å². The van der Waals surface area contributed by atoms with Crippen LogP contribution in [0.15, 0.2) is 0 Å². The van der Waals surface area contributed by atoms with E-state index in [2.05, 4.69) is 12.2 Å². The first-order chi connectivity index (χ1) is 7.69. The van der Waals surface area contributed by atoms with E-state index in [1.54, 1.807) is 0 Å². The molecule has 0 spiro atoms. The van der Waals surface area contributed by atoms with E-state index < -0.39 is 0 Å². The van der Waals surface area contributed by atoms with Gasteiger partial charge in [-0.25, -0.2) is 0 Å². The van der Waals surface area contributed by atoms with Gasteiger partial charge in [0, 0.05) is 25.3 Å². The van der Waals surface area contributed by atoms with Gasteiger partial charge >= 0.3 is 0 Å². The molecule has 0 radical (unpaired) electrons. The van der Waals surface area contributed by atoms with E-state index in [-0.39, 0.29) is 17.9 Å². The fourth-order valence-electron chi connectivity index (χ4n) is 1.71. The zero-order chi connectivity index (χ0) is 12.0. The van der Waals surface area contributed by atoms with Crippen LogP contribution in [0.2, 0.25) is 0 Å². The van der Waals surface area contributed by atoms with Gasteiger partial charge in [0.1, 0.15) is 6.04 Å². The second-order valence-electron chi connectivity index (χ2n) is 3.80. The average Bonchev–Trinajstić information content (AvgIpc) is 2.41. The third kappa shape index (κ3) is 3.70. The Hall–Kier alpha value is -0.710. The Kier molecular flexibility index (Phi) is 5.66. The molecule has 1 unspecified atom stereocenters. The van der Waals surface area contributed by atoms with Gasteiger partial charge < -0.3 is 10.2 Å². The van der Waals surface area contributed by atoms with E-state index >= 15 is 0 Å². The summed E-state index contributed by atoms with van der Waals surface area (Å²) in [5, 5.41) is 2.76. The van der Waals surface area contributed by atoms with Gasteiger partial charge in [-0.1, -0.05) is 13.8 Å². The summed E-state index contributed by atoms with van der Waals surface area (Å²) in [6, 6.07) is -0.318. The number of nitrogens with zero attached hydrogens (tertiary/aromatic N) is 1. The molecule has 1 saturated heterocycles. The summed E-state index contributed by atoms with van der Waals surface area (Å²) in [5.41, 5.74) is 0. The summed E-state index contributed by atoms with van der Waals surface area (Å²) in [6.45, 7) is 5.34. The van der Waals surface area contributed by atoms with Crippen molar-refractivity contribution in [3.8, 4) is 0 Å². The molecule has 4 nitrogen and oxygen atoms in total. The Balaban J connectivity index is 2.54. The fraction of sp³-hybridized carbons (Fsp3) is 0.818. The van der Waals surface area contributed by atoms with Crippen LogP contribution in [0.5, 0.6) is 0 Å². The Bertz CT molecular complexity index is 258. The van der Waals surface area contributed by atoms with Gasteiger partial charge in [0.2, 0.25) is 11.8 Å². The summed E-state index contributed by atoms with van der Waals surface area (Å²) >= 11 is 1.82. The Morgan fingerprint density at radius 2 is 2.19 bits per heavy atom. The molecule has 0 aliphatic carbocycles. The molecule has 1 N–H and O–H groups in total. The summed E-state index contributed by atoms with van der Waals surface area (Å²) in [6.07, 6.45) is 1.10. The monoisotopic (exact) mass is 244 g/mol. The number of hydrogen-bond acceptors (Lipinski definition) is 3. The highest BCUT2D eigenvalue weighted by molar-refractivity contribution is 7.99. The molecule has 16 heavy (non-hydrogen) atoms. The number of amides is 2. The zero-order valence-corrected chi connectivity index (χ0v) is 10.8. The minimum absolute atomic E-state index is 0.00848. The molecule has 1 aliphatic heterocycles. The third-order valence-electron chi connectivity index (χ3n) is 2.67. The molecule has 1 fully saturated rings.